The van der Waals surface area contributed by atoms with Gasteiger partial charge in [0.2, 0.25) is 0 Å². The van der Waals surface area contributed by atoms with Crippen LogP contribution in [0.15, 0.2) is 17.3 Å². The van der Waals surface area contributed by atoms with E-state index in [1.807, 2.05) is 6.07 Å². The van der Waals surface area contributed by atoms with Crippen molar-refractivity contribution in [2.24, 2.45) is 5.18 Å². The second-order valence-corrected chi connectivity index (χ2v) is 8.72. The van der Waals surface area contributed by atoms with Gasteiger partial charge < -0.3 is 0 Å². The fourth-order valence-corrected chi connectivity index (χ4v) is 2.83. The molecule has 0 aromatic heterocycles. The van der Waals surface area contributed by atoms with E-state index in [0.717, 1.165) is 5.56 Å². The molecule has 0 N–H and O–H groups in total. The van der Waals surface area contributed by atoms with Crippen LogP contribution in [-0.2, 0) is 16.2 Å². The van der Waals surface area contributed by atoms with Crippen LogP contribution in [0.4, 0.5) is 5.69 Å². The van der Waals surface area contributed by atoms with E-state index in [4.69, 9.17) is 0 Å². The largest absolute Gasteiger partial charge is 0.145 e. The fraction of sp³-hybridized carbons (Fsp3) is 0.667. The molecule has 0 aliphatic carbocycles. The Kier molecular flexibility index (Phi) is 4.20. The lowest BCUT2D eigenvalue weighted by Gasteiger charge is -2.36. The molecular weight excluding hydrogens is 246 g/mol. The van der Waals surface area contributed by atoms with Gasteiger partial charge in [-0.05, 0) is 44.2 Å². The number of rotatable bonds is 1. The number of hydrogen-bond acceptors (Lipinski definition) is 2. The molecule has 0 amide bonds. The second kappa shape index (κ2) is 4.98. The summed E-state index contributed by atoms with van der Waals surface area (Å²) in [7, 11) is 0. The molecule has 2 nitrogen and oxygen atoms in total. The Labute approximate surface area is 124 Å². The third-order valence-corrected chi connectivity index (χ3v) is 3.59. The van der Waals surface area contributed by atoms with Crippen LogP contribution in [0.2, 0.25) is 0 Å². The topological polar surface area (TPSA) is 29.4 Å². The van der Waals surface area contributed by atoms with Gasteiger partial charge in [0, 0.05) is 0 Å². The molecule has 20 heavy (non-hydrogen) atoms. The van der Waals surface area contributed by atoms with E-state index >= 15 is 0 Å². The fourth-order valence-electron chi connectivity index (χ4n) is 2.83. The smallest absolute Gasteiger partial charge is 0.112 e. The van der Waals surface area contributed by atoms with Crippen molar-refractivity contribution in [3.63, 3.8) is 0 Å². The number of benzene rings is 1. The van der Waals surface area contributed by atoms with Crippen molar-refractivity contribution in [2.75, 3.05) is 0 Å². The predicted octanol–water partition coefficient (Wildman–Crippen LogP) is 5.98. The molecule has 0 spiro atoms. The maximum atomic E-state index is 11.3. The third-order valence-electron chi connectivity index (χ3n) is 3.59. The van der Waals surface area contributed by atoms with Crippen LogP contribution in [-0.4, -0.2) is 0 Å². The van der Waals surface area contributed by atoms with Gasteiger partial charge in [0.25, 0.3) is 0 Å². The molecule has 0 saturated carbocycles. The summed E-state index contributed by atoms with van der Waals surface area (Å²) < 4.78 is 0. The zero-order valence-corrected chi connectivity index (χ0v) is 14.5. The summed E-state index contributed by atoms with van der Waals surface area (Å²) >= 11 is 0. The van der Waals surface area contributed by atoms with Crippen LogP contribution in [0.3, 0.4) is 0 Å². The first-order chi connectivity index (χ1) is 8.80. The van der Waals surface area contributed by atoms with Crippen molar-refractivity contribution < 1.29 is 0 Å². The molecular formula is C18H29NO. The Balaban J connectivity index is 3.91. The third kappa shape index (κ3) is 3.28. The Morgan fingerprint density at radius 2 is 1.15 bits per heavy atom. The number of nitroso groups, excluding NO2 is 1. The quantitative estimate of drug-likeness (QED) is 0.580. The zero-order chi connectivity index (χ0) is 15.9. The Morgan fingerprint density at radius 1 is 0.700 bits per heavy atom. The van der Waals surface area contributed by atoms with Crippen molar-refractivity contribution in [3.05, 3.63) is 33.7 Å². The first-order valence-electron chi connectivity index (χ1n) is 7.32. The molecule has 1 aromatic carbocycles. The number of nitrogens with zero attached hydrogens (tertiary/aromatic N) is 1. The molecule has 0 unspecified atom stereocenters. The molecule has 0 fully saturated rings. The van der Waals surface area contributed by atoms with Crippen LogP contribution in [0.5, 0.6) is 0 Å². The van der Waals surface area contributed by atoms with Crippen LogP contribution >= 0.6 is 0 Å². The molecule has 0 bridgehead atoms. The highest BCUT2D eigenvalue weighted by atomic mass is 16.3. The van der Waals surface area contributed by atoms with Crippen molar-refractivity contribution >= 4 is 5.69 Å². The summed E-state index contributed by atoms with van der Waals surface area (Å²) in [6.45, 7) is 19.7. The Morgan fingerprint density at radius 3 is 1.45 bits per heavy atom. The van der Waals surface area contributed by atoms with Crippen molar-refractivity contribution in [2.45, 2.75) is 78.6 Å². The van der Waals surface area contributed by atoms with E-state index in [2.05, 4.69) is 73.6 Å². The van der Waals surface area contributed by atoms with Crippen molar-refractivity contribution in [3.8, 4) is 0 Å². The number of hydrogen-bond donors (Lipinski definition) is 0. The van der Waals surface area contributed by atoms with E-state index in [9.17, 15) is 4.91 Å². The van der Waals surface area contributed by atoms with E-state index in [1.165, 1.54) is 11.1 Å². The highest BCUT2D eigenvalue weighted by Crippen LogP contribution is 2.44. The van der Waals surface area contributed by atoms with Gasteiger partial charge in [-0.15, -0.1) is 4.91 Å². The van der Waals surface area contributed by atoms with E-state index in [0.29, 0.717) is 5.69 Å². The normalized spacial score (nSPS) is 13.4. The molecule has 1 rings (SSSR count). The minimum absolute atomic E-state index is 0.0219. The SMILES string of the molecule is CC(C)(C)c1ccc(N=O)c(C(C)(C)C)c1C(C)(C)C. The molecule has 0 radical (unpaired) electrons. The van der Waals surface area contributed by atoms with Crippen molar-refractivity contribution in [1.82, 2.24) is 0 Å². The highest BCUT2D eigenvalue weighted by Gasteiger charge is 2.33. The summed E-state index contributed by atoms with van der Waals surface area (Å²) in [5.41, 5.74) is 4.17. The lowest BCUT2D eigenvalue weighted by molar-refractivity contribution is 0.498. The van der Waals surface area contributed by atoms with Crippen LogP contribution in [0, 0.1) is 4.91 Å². The van der Waals surface area contributed by atoms with Crippen LogP contribution in [0.25, 0.3) is 0 Å². The van der Waals surface area contributed by atoms with Gasteiger partial charge in [0.05, 0.1) is 0 Å². The molecule has 0 heterocycles. The summed E-state index contributed by atoms with van der Waals surface area (Å²) in [6.07, 6.45) is 0. The van der Waals surface area contributed by atoms with E-state index in [-0.39, 0.29) is 16.2 Å². The molecule has 2 heteroatoms. The summed E-state index contributed by atoms with van der Waals surface area (Å²) in [5, 5.41) is 3.28. The highest BCUT2D eigenvalue weighted by molar-refractivity contribution is 5.60. The second-order valence-electron chi connectivity index (χ2n) is 8.72. The van der Waals surface area contributed by atoms with Gasteiger partial charge in [-0.3, -0.25) is 0 Å². The standard InChI is InChI=1S/C18H29NO/c1-16(2,3)12-10-11-13(19-20)15(18(7,8)9)14(12)17(4,5)6/h10-11H,1-9H3. The van der Waals surface area contributed by atoms with Crippen molar-refractivity contribution in [1.29, 1.82) is 0 Å². The van der Waals surface area contributed by atoms with E-state index < -0.39 is 0 Å². The van der Waals surface area contributed by atoms with E-state index in [1.54, 1.807) is 0 Å². The van der Waals surface area contributed by atoms with Gasteiger partial charge in [-0.1, -0.05) is 68.4 Å². The predicted molar refractivity (Wildman–Crippen MR) is 88.0 cm³/mol. The van der Waals surface area contributed by atoms with Gasteiger partial charge in [-0.2, -0.15) is 0 Å². The van der Waals surface area contributed by atoms with Crippen LogP contribution in [0.1, 0.15) is 79.0 Å². The Hall–Kier alpha value is -1.18. The molecule has 0 aliphatic heterocycles. The maximum Gasteiger partial charge on any atom is 0.112 e. The zero-order valence-electron chi connectivity index (χ0n) is 14.5. The van der Waals surface area contributed by atoms with Gasteiger partial charge in [0.1, 0.15) is 5.69 Å². The lowest BCUT2D eigenvalue weighted by atomic mass is 9.68. The average molecular weight is 275 g/mol. The summed E-state index contributed by atoms with van der Waals surface area (Å²) in [5.74, 6) is 0. The minimum atomic E-state index is -0.104. The average Bonchev–Trinajstić information content (AvgIpc) is 2.23. The van der Waals surface area contributed by atoms with Gasteiger partial charge in [-0.25, -0.2) is 0 Å². The lowest BCUT2D eigenvalue weighted by Crippen LogP contribution is -2.28. The van der Waals surface area contributed by atoms with Crippen LogP contribution < -0.4 is 0 Å². The van der Waals surface area contributed by atoms with Gasteiger partial charge in [0.15, 0.2) is 0 Å². The Bertz CT molecular complexity index is 508. The van der Waals surface area contributed by atoms with Gasteiger partial charge >= 0.3 is 0 Å². The summed E-state index contributed by atoms with van der Waals surface area (Å²) in [4.78, 5) is 11.3. The molecule has 112 valence electrons. The minimum Gasteiger partial charge on any atom is -0.145 e. The molecule has 0 atom stereocenters. The monoisotopic (exact) mass is 275 g/mol. The first kappa shape index (κ1) is 16.9. The maximum absolute atomic E-state index is 11.3. The molecule has 0 saturated heterocycles. The molecule has 0 aliphatic rings. The molecule has 1 aromatic rings. The first-order valence-corrected chi connectivity index (χ1v) is 7.32. The summed E-state index contributed by atoms with van der Waals surface area (Å²) in [6, 6.07) is 3.95.